The van der Waals surface area contributed by atoms with Crippen LogP contribution in [0.15, 0.2) is 34.8 Å². The Morgan fingerprint density at radius 1 is 1.29 bits per heavy atom. The third-order valence-corrected chi connectivity index (χ3v) is 5.22. The fourth-order valence-corrected chi connectivity index (χ4v) is 3.09. The molecule has 0 saturated carbocycles. The summed E-state index contributed by atoms with van der Waals surface area (Å²) in [6.07, 6.45) is 0. The molecule has 0 aliphatic rings. The summed E-state index contributed by atoms with van der Waals surface area (Å²) >= 11 is 11.3. The lowest BCUT2D eigenvalue weighted by Gasteiger charge is -2.06. The standard InChI is InChI=1S/C13H13BrClNS/c1-8(16-2)12-5-6-13(17-12)9-3-4-11(15)10(14)7-9/h3-8,16H,1-2H3. The van der Waals surface area contributed by atoms with E-state index in [-0.39, 0.29) is 0 Å². The van der Waals surface area contributed by atoms with Gasteiger partial charge < -0.3 is 5.32 Å². The highest BCUT2D eigenvalue weighted by Crippen LogP contribution is 2.34. The van der Waals surface area contributed by atoms with Crippen LogP contribution in [0.1, 0.15) is 17.8 Å². The molecule has 1 unspecified atom stereocenters. The number of hydrogen-bond donors (Lipinski definition) is 1. The van der Waals surface area contributed by atoms with Crippen LogP contribution < -0.4 is 5.32 Å². The number of halogens is 2. The minimum absolute atomic E-state index is 0.393. The predicted molar refractivity (Wildman–Crippen MR) is 79.9 cm³/mol. The fraction of sp³-hybridized carbons (Fsp3) is 0.231. The van der Waals surface area contributed by atoms with Crippen LogP contribution >= 0.6 is 38.9 Å². The van der Waals surface area contributed by atoms with Crippen LogP contribution in [0, 0.1) is 0 Å². The van der Waals surface area contributed by atoms with Crippen molar-refractivity contribution in [3.63, 3.8) is 0 Å². The average molecular weight is 331 g/mol. The van der Waals surface area contributed by atoms with Gasteiger partial charge in [0.25, 0.3) is 0 Å². The van der Waals surface area contributed by atoms with Crippen molar-refractivity contribution in [1.29, 1.82) is 0 Å². The van der Waals surface area contributed by atoms with Crippen molar-refractivity contribution >= 4 is 38.9 Å². The lowest BCUT2D eigenvalue weighted by molar-refractivity contribution is 0.664. The van der Waals surface area contributed by atoms with Gasteiger partial charge in [0.15, 0.2) is 0 Å². The van der Waals surface area contributed by atoms with E-state index in [9.17, 15) is 0 Å². The van der Waals surface area contributed by atoms with Crippen LogP contribution in [0.2, 0.25) is 5.02 Å². The maximum atomic E-state index is 5.99. The zero-order chi connectivity index (χ0) is 12.4. The van der Waals surface area contributed by atoms with Crippen molar-refractivity contribution in [3.8, 4) is 10.4 Å². The number of thiophene rings is 1. The molecule has 0 spiro atoms. The highest BCUT2D eigenvalue weighted by atomic mass is 79.9. The Kier molecular flexibility index (Phi) is 4.26. The van der Waals surface area contributed by atoms with Crippen molar-refractivity contribution in [2.24, 2.45) is 0 Å². The molecule has 1 heterocycles. The first-order valence-electron chi connectivity index (χ1n) is 5.34. The second-order valence-electron chi connectivity index (χ2n) is 3.84. The maximum Gasteiger partial charge on any atom is 0.0548 e. The van der Waals surface area contributed by atoms with Crippen molar-refractivity contribution < 1.29 is 0 Å². The van der Waals surface area contributed by atoms with Crippen LogP contribution in [0.25, 0.3) is 10.4 Å². The number of benzene rings is 1. The van der Waals surface area contributed by atoms with E-state index in [0.29, 0.717) is 6.04 Å². The number of hydrogen-bond acceptors (Lipinski definition) is 2. The Bertz CT molecular complexity index is 524. The first-order chi connectivity index (χ1) is 8.11. The molecule has 1 aromatic heterocycles. The molecule has 1 aromatic carbocycles. The summed E-state index contributed by atoms with van der Waals surface area (Å²) in [6, 6.07) is 10.7. The number of rotatable bonds is 3. The van der Waals surface area contributed by atoms with Crippen LogP contribution in [0.4, 0.5) is 0 Å². The summed E-state index contributed by atoms with van der Waals surface area (Å²) in [4.78, 5) is 2.60. The van der Waals surface area contributed by atoms with Crippen LogP contribution in [0.5, 0.6) is 0 Å². The third-order valence-electron chi connectivity index (χ3n) is 2.69. The van der Waals surface area contributed by atoms with E-state index in [2.05, 4.69) is 46.4 Å². The van der Waals surface area contributed by atoms with E-state index in [1.54, 1.807) is 11.3 Å². The normalized spacial score (nSPS) is 12.7. The smallest absolute Gasteiger partial charge is 0.0548 e. The van der Waals surface area contributed by atoms with E-state index >= 15 is 0 Å². The quantitative estimate of drug-likeness (QED) is 0.824. The van der Waals surface area contributed by atoms with E-state index in [0.717, 1.165) is 9.50 Å². The zero-order valence-electron chi connectivity index (χ0n) is 9.63. The maximum absolute atomic E-state index is 5.99. The predicted octanol–water partition coefficient (Wildman–Crippen LogP) is 5.11. The monoisotopic (exact) mass is 329 g/mol. The van der Waals surface area contributed by atoms with Crippen molar-refractivity contribution in [2.45, 2.75) is 13.0 Å². The summed E-state index contributed by atoms with van der Waals surface area (Å²) in [5.74, 6) is 0. The van der Waals surface area contributed by atoms with Gasteiger partial charge in [-0.15, -0.1) is 11.3 Å². The summed E-state index contributed by atoms with van der Waals surface area (Å²) in [5.41, 5.74) is 1.20. The molecule has 90 valence electrons. The van der Waals surface area contributed by atoms with Gasteiger partial charge in [-0.25, -0.2) is 0 Å². The first kappa shape index (κ1) is 13.1. The largest absolute Gasteiger partial charge is 0.313 e. The lowest BCUT2D eigenvalue weighted by Crippen LogP contribution is -2.10. The van der Waals surface area contributed by atoms with Crippen molar-refractivity contribution in [3.05, 3.63) is 44.7 Å². The van der Waals surface area contributed by atoms with Crippen LogP contribution in [-0.2, 0) is 0 Å². The summed E-state index contributed by atoms with van der Waals surface area (Å²) in [7, 11) is 1.98. The molecule has 0 aliphatic carbocycles. The van der Waals surface area contributed by atoms with E-state index < -0.39 is 0 Å². The number of nitrogens with one attached hydrogen (secondary N) is 1. The molecular formula is C13H13BrClNS. The van der Waals surface area contributed by atoms with E-state index in [4.69, 9.17) is 11.6 Å². The molecule has 2 aromatic rings. The van der Waals surface area contributed by atoms with Gasteiger partial charge in [0.05, 0.1) is 5.02 Å². The lowest BCUT2D eigenvalue weighted by atomic mass is 10.2. The fourth-order valence-electron chi connectivity index (χ4n) is 1.53. The van der Waals surface area contributed by atoms with Gasteiger partial charge in [-0.2, -0.15) is 0 Å². The Labute approximate surface area is 119 Å². The SMILES string of the molecule is CNC(C)c1ccc(-c2ccc(Cl)c(Br)c2)s1. The minimum atomic E-state index is 0.393. The van der Waals surface area contributed by atoms with Gasteiger partial charge >= 0.3 is 0 Å². The molecule has 1 N–H and O–H groups in total. The molecule has 0 aliphatic heterocycles. The Hall–Kier alpha value is -0.350. The summed E-state index contributed by atoms with van der Waals surface area (Å²) in [6.45, 7) is 2.16. The molecule has 0 saturated heterocycles. The second-order valence-corrected chi connectivity index (χ2v) is 6.22. The highest BCUT2D eigenvalue weighted by molar-refractivity contribution is 9.10. The minimum Gasteiger partial charge on any atom is -0.313 e. The van der Waals surface area contributed by atoms with Gasteiger partial charge in [-0.1, -0.05) is 17.7 Å². The highest BCUT2D eigenvalue weighted by Gasteiger charge is 2.08. The van der Waals surface area contributed by atoms with Gasteiger partial charge in [0.1, 0.15) is 0 Å². The van der Waals surface area contributed by atoms with E-state index in [1.807, 2.05) is 19.2 Å². The Balaban J connectivity index is 2.33. The third kappa shape index (κ3) is 2.91. The molecule has 0 fully saturated rings. The molecular weight excluding hydrogens is 318 g/mol. The van der Waals surface area contributed by atoms with Gasteiger partial charge in [-0.3, -0.25) is 0 Å². The first-order valence-corrected chi connectivity index (χ1v) is 7.33. The Morgan fingerprint density at radius 3 is 2.71 bits per heavy atom. The molecule has 1 atom stereocenters. The summed E-state index contributed by atoms with van der Waals surface area (Å²) in [5, 5.41) is 3.99. The van der Waals surface area contributed by atoms with Crippen molar-refractivity contribution in [2.75, 3.05) is 7.05 Å². The second kappa shape index (κ2) is 5.53. The molecule has 0 amide bonds. The summed E-state index contributed by atoms with van der Waals surface area (Å²) < 4.78 is 0.938. The van der Waals surface area contributed by atoms with Crippen LogP contribution in [0.3, 0.4) is 0 Å². The molecule has 4 heteroatoms. The molecule has 0 radical (unpaired) electrons. The molecule has 2 rings (SSSR count). The Morgan fingerprint density at radius 2 is 2.06 bits per heavy atom. The molecule has 17 heavy (non-hydrogen) atoms. The van der Waals surface area contributed by atoms with Gasteiger partial charge in [0.2, 0.25) is 0 Å². The zero-order valence-corrected chi connectivity index (χ0v) is 12.8. The van der Waals surface area contributed by atoms with Gasteiger partial charge in [-0.05, 0) is 59.7 Å². The topological polar surface area (TPSA) is 12.0 Å². The van der Waals surface area contributed by atoms with Crippen LogP contribution in [-0.4, -0.2) is 7.05 Å². The van der Waals surface area contributed by atoms with Gasteiger partial charge in [0, 0.05) is 20.3 Å². The molecule has 1 nitrogen and oxygen atoms in total. The van der Waals surface area contributed by atoms with Crippen molar-refractivity contribution in [1.82, 2.24) is 5.32 Å². The average Bonchev–Trinajstić information content (AvgIpc) is 2.81. The van der Waals surface area contributed by atoms with E-state index in [1.165, 1.54) is 15.3 Å². The molecule has 0 bridgehead atoms.